The predicted molar refractivity (Wildman–Crippen MR) is 81.6 cm³/mol. The first-order valence-electron chi connectivity index (χ1n) is 7.22. The second kappa shape index (κ2) is 4.91. The first-order chi connectivity index (χ1) is 10.8. The first-order valence-corrected chi connectivity index (χ1v) is 7.22. The van der Waals surface area contributed by atoms with Gasteiger partial charge in [0.1, 0.15) is 11.3 Å². The van der Waals surface area contributed by atoms with Crippen molar-refractivity contribution in [3.05, 3.63) is 59.4 Å². The van der Waals surface area contributed by atoms with E-state index in [0.29, 0.717) is 34.8 Å². The summed E-state index contributed by atoms with van der Waals surface area (Å²) in [6.07, 6.45) is 0.667. The van der Waals surface area contributed by atoms with Crippen molar-refractivity contribution in [2.45, 2.75) is 13.3 Å². The molecular weight excluding hydrogens is 280 g/mol. The minimum atomic E-state index is -0.0555. The standard InChI is InChI=1S/C18H14O4/c1-2-13-17(12-5-3-4-6-14(12)22-13)18(19)11-7-8-15-16(9-11)21-10-20-15/h3-9H,2,10H2,1H3. The molecule has 0 radical (unpaired) electrons. The average molecular weight is 294 g/mol. The number of furan rings is 1. The van der Waals surface area contributed by atoms with Crippen LogP contribution in [0.4, 0.5) is 0 Å². The smallest absolute Gasteiger partial charge is 0.231 e. The van der Waals surface area contributed by atoms with Gasteiger partial charge < -0.3 is 13.9 Å². The number of aryl methyl sites for hydroxylation is 1. The number of hydrogen-bond donors (Lipinski definition) is 0. The summed E-state index contributed by atoms with van der Waals surface area (Å²) >= 11 is 0. The van der Waals surface area contributed by atoms with Gasteiger partial charge in [-0.25, -0.2) is 0 Å². The lowest BCUT2D eigenvalue weighted by Gasteiger charge is -2.03. The average Bonchev–Trinajstić information content (AvgIpc) is 3.17. The SMILES string of the molecule is CCc1oc2ccccc2c1C(=O)c1ccc2c(c1)OCO2. The van der Waals surface area contributed by atoms with Crippen molar-refractivity contribution in [3.8, 4) is 11.5 Å². The Kier molecular flexibility index (Phi) is 2.89. The number of rotatable bonds is 3. The van der Waals surface area contributed by atoms with Gasteiger partial charge in [0.15, 0.2) is 17.3 Å². The van der Waals surface area contributed by atoms with Crippen LogP contribution in [0.25, 0.3) is 11.0 Å². The molecule has 2 aromatic carbocycles. The van der Waals surface area contributed by atoms with E-state index in [-0.39, 0.29) is 12.6 Å². The highest BCUT2D eigenvalue weighted by Gasteiger charge is 2.23. The highest BCUT2D eigenvalue weighted by molar-refractivity contribution is 6.17. The summed E-state index contributed by atoms with van der Waals surface area (Å²) in [6.45, 7) is 2.18. The topological polar surface area (TPSA) is 48.7 Å². The monoisotopic (exact) mass is 294 g/mol. The van der Waals surface area contributed by atoms with E-state index in [2.05, 4.69) is 0 Å². The second-order valence-corrected chi connectivity index (χ2v) is 5.15. The number of ether oxygens (including phenoxy) is 2. The van der Waals surface area contributed by atoms with Crippen LogP contribution in [-0.2, 0) is 6.42 Å². The highest BCUT2D eigenvalue weighted by Crippen LogP contribution is 2.35. The molecule has 0 spiro atoms. The molecule has 0 amide bonds. The van der Waals surface area contributed by atoms with Crippen molar-refractivity contribution in [2.24, 2.45) is 0 Å². The predicted octanol–water partition coefficient (Wildman–Crippen LogP) is 3.95. The summed E-state index contributed by atoms with van der Waals surface area (Å²) in [5.74, 6) is 1.94. The van der Waals surface area contributed by atoms with Crippen LogP contribution in [-0.4, -0.2) is 12.6 Å². The Morgan fingerprint density at radius 3 is 2.77 bits per heavy atom. The molecule has 1 aliphatic heterocycles. The van der Waals surface area contributed by atoms with Crippen molar-refractivity contribution in [2.75, 3.05) is 6.79 Å². The molecule has 4 heteroatoms. The van der Waals surface area contributed by atoms with Gasteiger partial charge in [-0.05, 0) is 24.3 Å². The van der Waals surface area contributed by atoms with Crippen LogP contribution in [0.3, 0.4) is 0 Å². The van der Waals surface area contributed by atoms with Gasteiger partial charge in [0.2, 0.25) is 6.79 Å². The fourth-order valence-electron chi connectivity index (χ4n) is 2.78. The molecule has 0 aliphatic carbocycles. The van der Waals surface area contributed by atoms with Crippen LogP contribution in [0, 0.1) is 0 Å². The molecule has 0 N–H and O–H groups in total. The number of hydrogen-bond acceptors (Lipinski definition) is 4. The van der Waals surface area contributed by atoms with Crippen molar-refractivity contribution in [1.82, 2.24) is 0 Å². The molecule has 0 unspecified atom stereocenters. The zero-order valence-electron chi connectivity index (χ0n) is 12.1. The van der Waals surface area contributed by atoms with Crippen molar-refractivity contribution in [3.63, 3.8) is 0 Å². The zero-order valence-corrected chi connectivity index (χ0v) is 12.1. The van der Waals surface area contributed by atoms with E-state index in [1.807, 2.05) is 31.2 Å². The summed E-state index contributed by atoms with van der Waals surface area (Å²) in [5, 5.41) is 0.849. The van der Waals surface area contributed by atoms with Crippen LogP contribution in [0.2, 0.25) is 0 Å². The zero-order chi connectivity index (χ0) is 15.1. The van der Waals surface area contributed by atoms with E-state index >= 15 is 0 Å². The molecule has 0 bridgehead atoms. The normalized spacial score (nSPS) is 12.8. The van der Waals surface area contributed by atoms with Crippen LogP contribution >= 0.6 is 0 Å². The minimum Gasteiger partial charge on any atom is -0.460 e. The lowest BCUT2D eigenvalue weighted by Crippen LogP contribution is -2.03. The third-order valence-corrected chi connectivity index (χ3v) is 3.85. The Morgan fingerprint density at radius 1 is 1.09 bits per heavy atom. The Morgan fingerprint density at radius 2 is 1.91 bits per heavy atom. The number of carbonyl (C=O) groups is 1. The van der Waals surface area contributed by atoms with Crippen molar-refractivity contribution >= 4 is 16.8 Å². The maximum Gasteiger partial charge on any atom is 0.231 e. The van der Waals surface area contributed by atoms with Crippen molar-refractivity contribution in [1.29, 1.82) is 0 Å². The maximum atomic E-state index is 12.9. The van der Waals surface area contributed by atoms with Gasteiger partial charge in [-0.2, -0.15) is 0 Å². The van der Waals surface area contributed by atoms with E-state index in [1.165, 1.54) is 0 Å². The molecule has 1 aliphatic rings. The summed E-state index contributed by atoms with van der Waals surface area (Å²) in [5.41, 5.74) is 1.95. The number of carbonyl (C=O) groups excluding carboxylic acids is 1. The summed E-state index contributed by atoms with van der Waals surface area (Å²) < 4.78 is 16.4. The molecule has 4 nitrogen and oxygen atoms in total. The maximum absolute atomic E-state index is 12.9. The molecule has 2 heterocycles. The Labute approximate surface area is 127 Å². The van der Waals surface area contributed by atoms with Crippen LogP contribution in [0.15, 0.2) is 46.9 Å². The minimum absolute atomic E-state index is 0.0555. The van der Waals surface area contributed by atoms with E-state index in [0.717, 1.165) is 11.0 Å². The van der Waals surface area contributed by atoms with E-state index in [9.17, 15) is 4.79 Å². The first kappa shape index (κ1) is 13.0. The molecule has 4 rings (SSSR count). The van der Waals surface area contributed by atoms with E-state index < -0.39 is 0 Å². The molecule has 0 atom stereocenters. The summed E-state index contributed by atoms with van der Waals surface area (Å²) in [6, 6.07) is 12.9. The molecule has 0 fully saturated rings. The van der Waals surface area contributed by atoms with Gasteiger partial charge in [-0.3, -0.25) is 4.79 Å². The Balaban J connectivity index is 1.86. The molecule has 0 saturated carbocycles. The fourth-order valence-corrected chi connectivity index (χ4v) is 2.78. The molecule has 1 aromatic heterocycles. The number of benzene rings is 2. The third-order valence-electron chi connectivity index (χ3n) is 3.85. The third kappa shape index (κ3) is 1.88. The number of fused-ring (bicyclic) bond motifs is 2. The van der Waals surface area contributed by atoms with E-state index in [4.69, 9.17) is 13.9 Å². The largest absolute Gasteiger partial charge is 0.460 e. The number of ketones is 1. The molecule has 110 valence electrons. The van der Waals surface area contributed by atoms with Gasteiger partial charge >= 0.3 is 0 Å². The lowest BCUT2D eigenvalue weighted by atomic mass is 9.99. The van der Waals surface area contributed by atoms with Crippen LogP contribution in [0.5, 0.6) is 11.5 Å². The van der Waals surface area contributed by atoms with Crippen LogP contribution < -0.4 is 9.47 Å². The van der Waals surface area contributed by atoms with Crippen molar-refractivity contribution < 1.29 is 18.7 Å². The quantitative estimate of drug-likeness (QED) is 0.686. The van der Waals surface area contributed by atoms with E-state index in [1.54, 1.807) is 18.2 Å². The van der Waals surface area contributed by atoms with Gasteiger partial charge in [-0.15, -0.1) is 0 Å². The molecule has 3 aromatic rings. The molecule has 22 heavy (non-hydrogen) atoms. The number of para-hydroxylation sites is 1. The molecular formula is C18H14O4. The lowest BCUT2D eigenvalue weighted by molar-refractivity contribution is 0.103. The summed E-state index contributed by atoms with van der Waals surface area (Å²) in [4.78, 5) is 12.9. The Bertz CT molecular complexity index is 876. The highest BCUT2D eigenvalue weighted by atomic mass is 16.7. The van der Waals surface area contributed by atoms with Gasteiger partial charge in [0.05, 0.1) is 5.56 Å². The molecule has 0 saturated heterocycles. The van der Waals surface area contributed by atoms with Gasteiger partial charge in [-0.1, -0.05) is 25.1 Å². The Hall–Kier alpha value is -2.75. The van der Waals surface area contributed by atoms with Crippen LogP contribution in [0.1, 0.15) is 28.6 Å². The van der Waals surface area contributed by atoms with Gasteiger partial charge in [0.25, 0.3) is 0 Å². The van der Waals surface area contributed by atoms with Gasteiger partial charge in [0, 0.05) is 17.4 Å². The second-order valence-electron chi connectivity index (χ2n) is 5.15. The fraction of sp³-hybridized carbons (Fsp3) is 0.167. The summed E-state index contributed by atoms with van der Waals surface area (Å²) in [7, 11) is 0.